The second-order valence-electron chi connectivity index (χ2n) is 5.58. The zero-order chi connectivity index (χ0) is 18.5. The van der Waals surface area contributed by atoms with Crippen LogP contribution < -0.4 is 16.2 Å². The molecule has 7 heteroatoms. The Bertz CT molecular complexity index is 905. The summed E-state index contributed by atoms with van der Waals surface area (Å²) in [5, 5.41) is -0.169. The number of hydrogen-bond acceptors (Lipinski definition) is 5. The van der Waals surface area contributed by atoms with Crippen LogP contribution in [0.2, 0.25) is 0 Å². The molecule has 0 bridgehead atoms. The van der Waals surface area contributed by atoms with Gasteiger partial charge in [-0.2, -0.15) is 0 Å². The fourth-order valence-corrected chi connectivity index (χ4v) is 3.33. The number of nitrogens with one attached hydrogen (secondary N) is 1. The Kier molecular flexibility index (Phi) is 5.38. The molecule has 0 aliphatic heterocycles. The van der Waals surface area contributed by atoms with Crippen molar-refractivity contribution < 1.29 is 4.79 Å². The van der Waals surface area contributed by atoms with Gasteiger partial charge >= 0.3 is 0 Å². The van der Waals surface area contributed by atoms with Crippen LogP contribution in [0.1, 0.15) is 6.92 Å². The highest BCUT2D eigenvalue weighted by Gasteiger charge is 2.25. The summed E-state index contributed by atoms with van der Waals surface area (Å²) in [6, 6.07) is 20.0. The summed E-state index contributed by atoms with van der Waals surface area (Å²) in [5.74, 6) is -0.00338. The van der Waals surface area contributed by atoms with Gasteiger partial charge < -0.3 is 10.7 Å². The second-order valence-corrected chi connectivity index (χ2v) is 6.91. The molecule has 6 nitrogen and oxygen atoms in total. The minimum absolute atomic E-state index is 0.124. The molecule has 3 aromatic rings. The molecule has 0 fully saturated rings. The maximum absolute atomic E-state index is 13.2. The molecule has 1 heterocycles. The Morgan fingerprint density at radius 3 is 2.12 bits per heavy atom. The quantitative estimate of drug-likeness (QED) is 0.534. The van der Waals surface area contributed by atoms with Crippen molar-refractivity contribution in [2.24, 2.45) is 0 Å². The van der Waals surface area contributed by atoms with Gasteiger partial charge in [0.2, 0.25) is 5.91 Å². The number of carbonyl (C=O) groups is 1. The molecule has 1 unspecified atom stereocenters. The third-order valence-corrected chi connectivity index (χ3v) is 4.60. The lowest BCUT2D eigenvalue weighted by molar-refractivity contribution is -0.117. The fraction of sp³-hybridized carbons (Fsp3) is 0.105. The van der Waals surface area contributed by atoms with E-state index in [0.29, 0.717) is 5.16 Å². The molecule has 26 heavy (non-hydrogen) atoms. The predicted molar refractivity (Wildman–Crippen MR) is 105 cm³/mol. The van der Waals surface area contributed by atoms with Gasteiger partial charge in [0.15, 0.2) is 5.16 Å². The van der Waals surface area contributed by atoms with Gasteiger partial charge in [-0.05, 0) is 31.2 Å². The van der Waals surface area contributed by atoms with Crippen LogP contribution in [0.15, 0.2) is 76.7 Å². The van der Waals surface area contributed by atoms with Crippen LogP contribution in [0.5, 0.6) is 0 Å². The Hall–Kier alpha value is -3.06. The highest BCUT2D eigenvalue weighted by molar-refractivity contribution is 8.00. The number of para-hydroxylation sites is 2. The molecule has 2 aromatic carbocycles. The van der Waals surface area contributed by atoms with Crippen molar-refractivity contribution in [1.29, 1.82) is 0 Å². The average molecular weight is 366 g/mol. The van der Waals surface area contributed by atoms with E-state index in [4.69, 9.17) is 5.73 Å². The van der Waals surface area contributed by atoms with Crippen LogP contribution >= 0.6 is 11.8 Å². The first-order chi connectivity index (χ1) is 12.5. The maximum Gasteiger partial charge on any atom is 0.253 e. The van der Waals surface area contributed by atoms with Gasteiger partial charge in [-0.15, -0.1) is 0 Å². The predicted octanol–water partition coefficient (Wildman–Crippen LogP) is 3.20. The zero-order valence-electron chi connectivity index (χ0n) is 14.1. The largest absolute Gasteiger partial charge is 0.383 e. The lowest BCUT2D eigenvalue weighted by Gasteiger charge is -2.25. The van der Waals surface area contributed by atoms with Crippen molar-refractivity contribution >= 4 is 34.9 Å². The minimum Gasteiger partial charge on any atom is -0.383 e. The molecule has 1 aromatic heterocycles. The topological polar surface area (TPSA) is 92.1 Å². The fourth-order valence-electron chi connectivity index (χ4n) is 2.47. The number of rotatable bonds is 5. The van der Waals surface area contributed by atoms with Crippen molar-refractivity contribution in [2.75, 3.05) is 10.6 Å². The first-order valence-corrected chi connectivity index (χ1v) is 8.90. The summed E-state index contributed by atoms with van der Waals surface area (Å²) in [6.07, 6.45) is 0. The summed E-state index contributed by atoms with van der Waals surface area (Å²) >= 11 is 1.16. The summed E-state index contributed by atoms with van der Waals surface area (Å²) in [6.45, 7) is 1.77. The van der Waals surface area contributed by atoms with E-state index in [1.807, 2.05) is 60.7 Å². The molecule has 3 rings (SSSR count). The van der Waals surface area contributed by atoms with E-state index in [-0.39, 0.29) is 17.3 Å². The number of aromatic amines is 1. The molecule has 0 spiro atoms. The number of carbonyl (C=O) groups excluding carboxylic acids is 1. The number of nitrogen functional groups attached to an aromatic ring is 1. The number of H-pyrrole nitrogens is 1. The van der Waals surface area contributed by atoms with E-state index >= 15 is 0 Å². The van der Waals surface area contributed by atoms with E-state index < -0.39 is 5.25 Å². The molecular weight excluding hydrogens is 348 g/mol. The number of amides is 1. The van der Waals surface area contributed by atoms with E-state index in [2.05, 4.69) is 9.97 Å². The molecule has 0 radical (unpaired) electrons. The maximum atomic E-state index is 13.2. The molecule has 1 atom stereocenters. The van der Waals surface area contributed by atoms with E-state index in [0.717, 1.165) is 23.1 Å². The van der Waals surface area contributed by atoms with E-state index in [9.17, 15) is 9.59 Å². The van der Waals surface area contributed by atoms with Gasteiger partial charge in [-0.3, -0.25) is 14.5 Å². The van der Waals surface area contributed by atoms with E-state index in [1.54, 1.807) is 11.8 Å². The molecule has 0 saturated heterocycles. The van der Waals surface area contributed by atoms with Gasteiger partial charge in [0.1, 0.15) is 5.82 Å². The van der Waals surface area contributed by atoms with Crippen LogP contribution in [0, 0.1) is 0 Å². The third kappa shape index (κ3) is 4.12. The SMILES string of the molecule is CC(Sc1nc(N)cc(=O)[nH]1)C(=O)N(c1ccccc1)c1ccccc1. The van der Waals surface area contributed by atoms with Crippen molar-refractivity contribution in [2.45, 2.75) is 17.3 Å². The molecule has 0 aliphatic carbocycles. The van der Waals surface area contributed by atoms with Crippen molar-refractivity contribution in [3.8, 4) is 0 Å². The van der Waals surface area contributed by atoms with Gasteiger partial charge in [-0.25, -0.2) is 4.98 Å². The number of thioether (sulfide) groups is 1. The Morgan fingerprint density at radius 1 is 1.08 bits per heavy atom. The van der Waals surface area contributed by atoms with Crippen molar-refractivity contribution in [1.82, 2.24) is 9.97 Å². The summed E-state index contributed by atoms with van der Waals surface area (Å²) < 4.78 is 0. The molecule has 0 saturated carbocycles. The van der Waals surface area contributed by atoms with E-state index in [1.165, 1.54) is 6.07 Å². The smallest absolute Gasteiger partial charge is 0.253 e. The molecule has 132 valence electrons. The number of hydrogen-bond donors (Lipinski definition) is 2. The van der Waals surface area contributed by atoms with Gasteiger partial charge in [0.25, 0.3) is 5.56 Å². The van der Waals surface area contributed by atoms with Crippen LogP contribution in [-0.2, 0) is 4.79 Å². The first-order valence-electron chi connectivity index (χ1n) is 8.02. The highest BCUT2D eigenvalue weighted by Crippen LogP contribution is 2.29. The number of benzene rings is 2. The van der Waals surface area contributed by atoms with Gasteiger partial charge in [0.05, 0.1) is 5.25 Å². The molecule has 1 amide bonds. The van der Waals surface area contributed by atoms with Crippen LogP contribution in [-0.4, -0.2) is 21.1 Å². The minimum atomic E-state index is -0.486. The summed E-state index contributed by atoms with van der Waals surface area (Å²) in [7, 11) is 0. The number of aromatic nitrogens is 2. The lowest BCUT2D eigenvalue weighted by Crippen LogP contribution is -2.33. The average Bonchev–Trinajstić information content (AvgIpc) is 2.63. The number of nitrogens with two attached hydrogens (primary N) is 1. The Labute approximate surface area is 155 Å². The Balaban J connectivity index is 1.91. The van der Waals surface area contributed by atoms with Crippen LogP contribution in [0.25, 0.3) is 0 Å². The normalized spacial score (nSPS) is 11.7. The molecular formula is C19H18N4O2S. The van der Waals surface area contributed by atoms with Crippen molar-refractivity contribution in [3.63, 3.8) is 0 Å². The second kappa shape index (κ2) is 7.88. The number of nitrogens with zero attached hydrogens (tertiary/aromatic N) is 2. The van der Waals surface area contributed by atoms with Crippen LogP contribution in [0.3, 0.4) is 0 Å². The van der Waals surface area contributed by atoms with Crippen LogP contribution in [0.4, 0.5) is 17.2 Å². The monoisotopic (exact) mass is 366 g/mol. The molecule has 0 aliphatic rings. The number of anilines is 3. The van der Waals surface area contributed by atoms with Crippen molar-refractivity contribution in [3.05, 3.63) is 77.1 Å². The summed E-state index contributed by atoms with van der Waals surface area (Å²) in [4.78, 5) is 33.1. The zero-order valence-corrected chi connectivity index (χ0v) is 14.9. The lowest BCUT2D eigenvalue weighted by atomic mass is 10.2. The highest BCUT2D eigenvalue weighted by atomic mass is 32.2. The Morgan fingerprint density at radius 2 is 1.62 bits per heavy atom. The summed E-state index contributed by atoms with van der Waals surface area (Å²) in [5.41, 5.74) is 6.81. The van der Waals surface area contributed by atoms with Gasteiger partial charge in [0, 0.05) is 17.4 Å². The molecule has 3 N–H and O–H groups in total. The third-order valence-electron chi connectivity index (χ3n) is 3.63. The van der Waals surface area contributed by atoms with Gasteiger partial charge in [-0.1, -0.05) is 48.2 Å². The standard InChI is InChI=1S/C19H18N4O2S/c1-13(26-19-21-16(20)12-17(24)22-19)18(25)23(14-8-4-2-5-9-14)15-10-6-3-7-11-15/h2-13H,1H3,(H3,20,21,22,24). The first kappa shape index (κ1) is 17.8.